The van der Waals surface area contributed by atoms with E-state index >= 15 is 0 Å². The quantitative estimate of drug-likeness (QED) is 0.857. The SMILES string of the molecule is Cc1cnccc1-n1nc(C)c(C(=O)O)c1C. The molecule has 0 aliphatic rings. The Morgan fingerprint density at radius 3 is 2.59 bits per heavy atom. The van der Waals surface area contributed by atoms with Crippen LogP contribution in [0.2, 0.25) is 0 Å². The van der Waals surface area contributed by atoms with Crippen molar-refractivity contribution in [3.05, 3.63) is 41.0 Å². The summed E-state index contributed by atoms with van der Waals surface area (Å²) in [6, 6.07) is 1.82. The molecule has 0 aliphatic carbocycles. The molecule has 2 aromatic heterocycles. The maximum atomic E-state index is 11.1. The minimum absolute atomic E-state index is 0.265. The van der Waals surface area contributed by atoms with Gasteiger partial charge in [0.25, 0.3) is 0 Å². The second-order valence-electron chi connectivity index (χ2n) is 3.92. The number of aromatic carboxylic acids is 1. The van der Waals surface area contributed by atoms with Crippen molar-refractivity contribution in [2.75, 3.05) is 0 Å². The molecule has 5 nitrogen and oxygen atoms in total. The van der Waals surface area contributed by atoms with Crippen LogP contribution in [0.4, 0.5) is 0 Å². The number of carboxylic acids is 1. The van der Waals surface area contributed by atoms with E-state index in [0.717, 1.165) is 11.3 Å². The summed E-state index contributed by atoms with van der Waals surface area (Å²) in [7, 11) is 0. The van der Waals surface area contributed by atoms with E-state index in [1.807, 2.05) is 13.0 Å². The van der Waals surface area contributed by atoms with Crippen LogP contribution in [0.25, 0.3) is 5.69 Å². The third-order valence-corrected chi connectivity index (χ3v) is 2.72. The predicted molar refractivity (Wildman–Crippen MR) is 62.5 cm³/mol. The Balaban J connectivity index is 2.66. The lowest BCUT2D eigenvalue weighted by atomic mass is 10.2. The summed E-state index contributed by atoms with van der Waals surface area (Å²) >= 11 is 0. The van der Waals surface area contributed by atoms with Gasteiger partial charge in [0.05, 0.1) is 17.1 Å². The van der Waals surface area contributed by atoms with Crippen molar-refractivity contribution in [2.24, 2.45) is 0 Å². The van der Waals surface area contributed by atoms with E-state index in [1.165, 1.54) is 0 Å². The minimum atomic E-state index is -0.946. The smallest absolute Gasteiger partial charge is 0.339 e. The van der Waals surface area contributed by atoms with Crippen LogP contribution >= 0.6 is 0 Å². The van der Waals surface area contributed by atoms with E-state index in [4.69, 9.17) is 5.11 Å². The highest BCUT2D eigenvalue weighted by atomic mass is 16.4. The van der Waals surface area contributed by atoms with Gasteiger partial charge in [-0.1, -0.05) is 0 Å². The minimum Gasteiger partial charge on any atom is -0.478 e. The Morgan fingerprint density at radius 1 is 1.35 bits per heavy atom. The Morgan fingerprint density at radius 2 is 2.06 bits per heavy atom. The van der Waals surface area contributed by atoms with Gasteiger partial charge < -0.3 is 5.11 Å². The Hall–Kier alpha value is -2.17. The number of aromatic nitrogens is 3. The first-order valence-electron chi connectivity index (χ1n) is 5.23. The molecule has 0 aromatic carbocycles. The van der Waals surface area contributed by atoms with Crippen molar-refractivity contribution in [2.45, 2.75) is 20.8 Å². The van der Waals surface area contributed by atoms with Crippen LogP contribution in [0.5, 0.6) is 0 Å². The summed E-state index contributed by atoms with van der Waals surface area (Å²) in [5, 5.41) is 13.4. The second kappa shape index (κ2) is 4.01. The van der Waals surface area contributed by atoms with Gasteiger partial charge in [-0.05, 0) is 32.4 Å². The predicted octanol–water partition coefficient (Wildman–Crippen LogP) is 1.89. The molecular weight excluding hydrogens is 218 g/mol. The van der Waals surface area contributed by atoms with Gasteiger partial charge in [-0.25, -0.2) is 9.48 Å². The fourth-order valence-corrected chi connectivity index (χ4v) is 1.89. The van der Waals surface area contributed by atoms with Crippen molar-refractivity contribution in [1.82, 2.24) is 14.8 Å². The van der Waals surface area contributed by atoms with Gasteiger partial charge in [0.15, 0.2) is 0 Å². The number of rotatable bonds is 2. The summed E-state index contributed by atoms with van der Waals surface area (Å²) in [5.74, 6) is -0.946. The molecule has 0 bridgehead atoms. The van der Waals surface area contributed by atoms with E-state index < -0.39 is 5.97 Å². The van der Waals surface area contributed by atoms with Crippen LogP contribution in [0.15, 0.2) is 18.5 Å². The van der Waals surface area contributed by atoms with Gasteiger partial charge in [-0.15, -0.1) is 0 Å². The number of aryl methyl sites for hydroxylation is 2. The number of pyridine rings is 1. The fourth-order valence-electron chi connectivity index (χ4n) is 1.89. The lowest BCUT2D eigenvalue weighted by molar-refractivity contribution is 0.0695. The van der Waals surface area contributed by atoms with Crippen LogP contribution in [0.3, 0.4) is 0 Å². The summed E-state index contributed by atoms with van der Waals surface area (Å²) in [4.78, 5) is 15.1. The lowest BCUT2D eigenvalue weighted by Gasteiger charge is -2.07. The maximum absolute atomic E-state index is 11.1. The monoisotopic (exact) mass is 231 g/mol. The van der Waals surface area contributed by atoms with Crippen LogP contribution < -0.4 is 0 Å². The molecule has 2 aromatic rings. The van der Waals surface area contributed by atoms with E-state index in [1.54, 1.807) is 30.9 Å². The van der Waals surface area contributed by atoms with Gasteiger partial charge in [-0.2, -0.15) is 5.10 Å². The topological polar surface area (TPSA) is 68.0 Å². The molecule has 0 fully saturated rings. The van der Waals surface area contributed by atoms with Crippen molar-refractivity contribution in [3.63, 3.8) is 0 Å². The first-order valence-corrected chi connectivity index (χ1v) is 5.23. The lowest BCUT2D eigenvalue weighted by Crippen LogP contribution is -2.04. The van der Waals surface area contributed by atoms with Crippen LogP contribution in [-0.4, -0.2) is 25.8 Å². The van der Waals surface area contributed by atoms with Crippen LogP contribution in [0.1, 0.15) is 27.3 Å². The van der Waals surface area contributed by atoms with Crippen molar-refractivity contribution in [3.8, 4) is 5.69 Å². The molecule has 0 radical (unpaired) electrons. The molecule has 17 heavy (non-hydrogen) atoms. The number of carboxylic acid groups (broad SMARTS) is 1. The third kappa shape index (κ3) is 1.80. The standard InChI is InChI=1S/C12H13N3O2/c1-7-6-13-5-4-10(7)15-9(3)11(12(16)17)8(2)14-15/h4-6H,1-3H3,(H,16,17). The van der Waals surface area contributed by atoms with Crippen molar-refractivity contribution >= 4 is 5.97 Å². The molecule has 0 unspecified atom stereocenters. The van der Waals surface area contributed by atoms with Gasteiger partial charge in [-0.3, -0.25) is 4.98 Å². The van der Waals surface area contributed by atoms with Crippen molar-refractivity contribution < 1.29 is 9.90 Å². The summed E-state index contributed by atoms with van der Waals surface area (Å²) in [6.45, 7) is 5.37. The molecule has 1 N–H and O–H groups in total. The highest BCUT2D eigenvalue weighted by Crippen LogP contribution is 2.19. The molecule has 88 valence electrons. The van der Waals surface area contributed by atoms with E-state index in [-0.39, 0.29) is 5.56 Å². The Bertz CT molecular complexity index is 587. The molecule has 2 heterocycles. The van der Waals surface area contributed by atoms with E-state index in [0.29, 0.717) is 11.4 Å². The molecule has 0 atom stereocenters. The first-order chi connectivity index (χ1) is 8.02. The number of hydrogen-bond donors (Lipinski definition) is 1. The van der Waals surface area contributed by atoms with Crippen molar-refractivity contribution in [1.29, 1.82) is 0 Å². The Kier molecular flexibility index (Phi) is 2.67. The number of carbonyl (C=O) groups is 1. The normalized spacial score (nSPS) is 10.5. The number of nitrogens with zero attached hydrogens (tertiary/aromatic N) is 3. The van der Waals surface area contributed by atoms with E-state index in [9.17, 15) is 4.79 Å². The zero-order chi connectivity index (χ0) is 12.6. The average Bonchev–Trinajstić information content (AvgIpc) is 2.55. The molecule has 0 saturated carbocycles. The summed E-state index contributed by atoms with van der Waals surface area (Å²) in [6.07, 6.45) is 3.39. The molecule has 0 aliphatic heterocycles. The number of hydrogen-bond acceptors (Lipinski definition) is 3. The van der Waals surface area contributed by atoms with Gasteiger partial charge in [0.2, 0.25) is 0 Å². The largest absolute Gasteiger partial charge is 0.478 e. The highest BCUT2D eigenvalue weighted by molar-refractivity contribution is 5.90. The first kappa shape index (κ1) is 11.3. The highest BCUT2D eigenvalue weighted by Gasteiger charge is 2.18. The molecule has 0 amide bonds. The maximum Gasteiger partial charge on any atom is 0.339 e. The van der Waals surface area contributed by atoms with Gasteiger partial charge in [0, 0.05) is 12.4 Å². The molecule has 5 heteroatoms. The zero-order valence-corrected chi connectivity index (χ0v) is 9.93. The van der Waals surface area contributed by atoms with Crippen LogP contribution in [0, 0.1) is 20.8 Å². The molecule has 2 rings (SSSR count). The Labute approximate surface area is 98.7 Å². The average molecular weight is 231 g/mol. The second-order valence-corrected chi connectivity index (χ2v) is 3.92. The van der Waals surface area contributed by atoms with E-state index in [2.05, 4.69) is 10.1 Å². The zero-order valence-electron chi connectivity index (χ0n) is 9.93. The van der Waals surface area contributed by atoms with Crippen LogP contribution in [-0.2, 0) is 0 Å². The molecule has 0 spiro atoms. The molecule has 0 saturated heterocycles. The fraction of sp³-hybridized carbons (Fsp3) is 0.250. The van der Waals surface area contributed by atoms with Gasteiger partial charge in [0.1, 0.15) is 5.56 Å². The van der Waals surface area contributed by atoms with Gasteiger partial charge >= 0.3 is 5.97 Å². The summed E-state index contributed by atoms with van der Waals surface area (Å²) < 4.78 is 1.65. The third-order valence-electron chi connectivity index (χ3n) is 2.72. The molecular formula is C12H13N3O2. The summed E-state index contributed by atoms with van der Waals surface area (Å²) in [5.41, 5.74) is 3.22.